The van der Waals surface area contributed by atoms with E-state index >= 15 is 0 Å². The number of aliphatic hydroxyl groups excluding tert-OH is 1. The fraction of sp³-hybridized carbons (Fsp3) is 0.423. The molecule has 4 rings (SSSR count). The third-order valence-electron chi connectivity index (χ3n) is 6.72. The number of amides is 1. The van der Waals surface area contributed by atoms with Crippen molar-refractivity contribution in [3.63, 3.8) is 0 Å². The number of nitrogens with zero attached hydrogens (tertiary/aromatic N) is 1. The van der Waals surface area contributed by atoms with Crippen LogP contribution in [0, 0.1) is 12.7 Å². The van der Waals surface area contributed by atoms with E-state index in [1.54, 1.807) is 6.07 Å². The number of hydrogen-bond acceptors (Lipinski definition) is 3. The highest BCUT2D eigenvalue weighted by atomic mass is 19.1. The zero-order valence-corrected chi connectivity index (χ0v) is 18.3. The Labute approximate surface area is 183 Å². The smallest absolute Gasteiger partial charge is 0.254 e. The average molecular weight is 423 g/mol. The molecular weight excluding hydrogens is 391 g/mol. The maximum Gasteiger partial charge on any atom is 0.254 e. The first-order valence-corrected chi connectivity index (χ1v) is 11.3. The summed E-state index contributed by atoms with van der Waals surface area (Å²) in [5, 5.41) is 14.3. The molecule has 4 nitrogen and oxygen atoms in total. The van der Waals surface area contributed by atoms with Crippen LogP contribution >= 0.6 is 0 Å². The number of fused-ring (bicyclic) bond motifs is 1. The van der Waals surface area contributed by atoms with Gasteiger partial charge in [-0.25, -0.2) is 4.39 Å². The maximum atomic E-state index is 14.5. The topological polar surface area (TPSA) is 52.6 Å². The highest BCUT2D eigenvalue weighted by Crippen LogP contribution is 2.37. The van der Waals surface area contributed by atoms with Crippen LogP contribution in [0.4, 0.5) is 4.39 Å². The second kappa shape index (κ2) is 9.23. The second-order valence-corrected chi connectivity index (χ2v) is 8.70. The summed E-state index contributed by atoms with van der Waals surface area (Å²) in [6.07, 6.45) is 4.17. The Morgan fingerprint density at radius 1 is 1.13 bits per heavy atom. The van der Waals surface area contributed by atoms with Crippen LogP contribution in [0.5, 0.6) is 0 Å². The fourth-order valence-electron chi connectivity index (χ4n) is 5.00. The predicted octanol–water partition coefficient (Wildman–Crippen LogP) is 4.91. The summed E-state index contributed by atoms with van der Waals surface area (Å²) in [6, 6.07) is 13.6. The monoisotopic (exact) mass is 422 g/mol. The van der Waals surface area contributed by atoms with Crippen molar-refractivity contribution in [2.24, 2.45) is 0 Å². The molecule has 0 radical (unpaired) electrons. The van der Waals surface area contributed by atoms with Crippen molar-refractivity contribution in [2.75, 3.05) is 6.54 Å². The normalized spacial score (nSPS) is 20.6. The molecule has 1 fully saturated rings. The first-order valence-electron chi connectivity index (χ1n) is 11.3. The summed E-state index contributed by atoms with van der Waals surface area (Å²) in [7, 11) is 0. The van der Waals surface area contributed by atoms with Gasteiger partial charge in [0.1, 0.15) is 11.6 Å². The number of benzene rings is 2. The van der Waals surface area contributed by atoms with Gasteiger partial charge in [-0.2, -0.15) is 0 Å². The Bertz CT molecular complexity index is 978. The highest BCUT2D eigenvalue weighted by molar-refractivity contribution is 6.02. The molecule has 31 heavy (non-hydrogen) atoms. The van der Waals surface area contributed by atoms with E-state index in [1.807, 2.05) is 42.2 Å². The Kier molecular flexibility index (Phi) is 6.42. The van der Waals surface area contributed by atoms with Crippen LogP contribution in [0.3, 0.4) is 0 Å². The Morgan fingerprint density at radius 3 is 2.48 bits per heavy atom. The molecule has 1 saturated carbocycles. The van der Waals surface area contributed by atoms with Crippen LogP contribution < -0.4 is 5.32 Å². The number of nitrogens with one attached hydrogen (secondary N) is 1. The van der Waals surface area contributed by atoms with Gasteiger partial charge in [0.15, 0.2) is 0 Å². The van der Waals surface area contributed by atoms with Gasteiger partial charge in [0.2, 0.25) is 0 Å². The molecule has 2 N–H and O–H groups in total. The zero-order chi connectivity index (χ0) is 22.0. The summed E-state index contributed by atoms with van der Waals surface area (Å²) >= 11 is 0. The van der Waals surface area contributed by atoms with Gasteiger partial charge in [-0.3, -0.25) is 4.79 Å². The van der Waals surface area contributed by atoms with E-state index in [1.165, 1.54) is 6.07 Å². The van der Waals surface area contributed by atoms with E-state index in [0.29, 0.717) is 18.2 Å². The molecule has 1 amide bonds. The molecule has 0 saturated heterocycles. The van der Waals surface area contributed by atoms with Gasteiger partial charge in [0, 0.05) is 25.0 Å². The van der Waals surface area contributed by atoms with Gasteiger partial charge < -0.3 is 15.3 Å². The Balaban J connectivity index is 1.62. The van der Waals surface area contributed by atoms with E-state index in [4.69, 9.17) is 0 Å². The minimum Gasteiger partial charge on any atom is -0.507 e. The van der Waals surface area contributed by atoms with Crippen LogP contribution in [-0.4, -0.2) is 34.5 Å². The Morgan fingerprint density at radius 2 is 1.84 bits per heavy atom. The lowest BCUT2D eigenvalue weighted by Gasteiger charge is -2.37. The fourth-order valence-corrected chi connectivity index (χ4v) is 5.00. The van der Waals surface area contributed by atoms with Crippen LogP contribution in [0.1, 0.15) is 54.9 Å². The third-order valence-corrected chi connectivity index (χ3v) is 6.72. The van der Waals surface area contributed by atoms with E-state index < -0.39 is 5.82 Å². The summed E-state index contributed by atoms with van der Waals surface area (Å²) in [5.41, 5.74) is 3.18. The molecule has 2 aromatic rings. The first kappa shape index (κ1) is 21.6. The molecule has 0 unspecified atom stereocenters. The van der Waals surface area contributed by atoms with Gasteiger partial charge in [-0.1, -0.05) is 43.3 Å². The molecule has 0 heterocycles. The number of rotatable bonds is 6. The lowest BCUT2D eigenvalue weighted by molar-refractivity contribution is -0.131. The zero-order valence-electron chi connectivity index (χ0n) is 18.3. The highest BCUT2D eigenvalue weighted by Gasteiger charge is 2.36. The van der Waals surface area contributed by atoms with Crippen molar-refractivity contribution in [3.05, 3.63) is 76.1 Å². The van der Waals surface area contributed by atoms with Crippen molar-refractivity contribution < 1.29 is 14.3 Å². The van der Waals surface area contributed by atoms with Crippen molar-refractivity contribution in [3.8, 4) is 0 Å². The first-order chi connectivity index (χ1) is 15.0. The van der Waals surface area contributed by atoms with Crippen LogP contribution in [-0.2, 0) is 17.8 Å². The molecule has 0 bridgehead atoms. The lowest BCUT2D eigenvalue weighted by atomic mass is 9.89. The molecule has 0 atom stereocenters. The number of aliphatic hydroxyl groups is 1. The largest absolute Gasteiger partial charge is 0.507 e. The summed E-state index contributed by atoms with van der Waals surface area (Å²) in [5.74, 6) is -0.842. The number of carbonyl (C=O) groups is 1. The van der Waals surface area contributed by atoms with Gasteiger partial charge in [-0.05, 0) is 61.9 Å². The van der Waals surface area contributed by atoms with Gasteiger partial charge in [-0.15, -0.1) is 0 Å². The standard InChI is InChI=1S/C26H31FN2O2/c1-3-28-19-10-12-20(13-11-19)29(16-18-7-5-4-6-8-18)26(31)22-15-21-17(2)9-14-23(27)24(21)25(22)30/h4-9,14,19-20,28,30H,3,10-13,15-16H2,1-2H3. The number of carbonyl (C=O) groups excluding carboxylic acids is 1. The maximum absolute atomic E-state index is 14.5. The van der Waals surface area contributed by atoms with Crippen LogP contribution in [0.25, 0.3) is 5.76 Å². The SMILES string of the molecule is CCNC1CCC(N(Cc2ccccc2)C(=O)C2=C(O)c3c(F)ccc(C)c3C2)CC1. The van der Waals surface area contributed by atoms with E-state index in [-0.39, 0.29) is 29.7 Å². The third kappa shape index (κ3) is 4.38. The number of aryl methyl sites for hydroxylation is 1. The van der Waals surface area contributed by atoms with E-state index in [2.05, 4.69) is 12.2 Å². The number of halogens is 1. The van der Waals surface area contributed by atoms with Crippen molar-refractivity contribution in [2.45, 2.75) is 64.6 Å². The van der Waals surface area contributed by atoms with Gasteiger partial charge in [0.25, 0.3) is 5.91 Å². The molecule has 0 spiro atoms. The molecule has 0 aliphatic heterocycles. The minimum atomic E-state index is -0.471. The van der Waals surface area contributed by atoms with Crippen molar-refractivity contribution in [1.82, 2.24) is 10.2 Å². The molecule has 164 valence electrons. The van der Waals surface area contributed by atoms with Crippen molar-refractivity contribution in [1.29, 1.82) is 0 Å². The van der Waals surface area contributed by atoms with Crippen molar-refractivity contribution >= 4 is 11.7 Å². The van der Waals surface area contributed by atoms with Gasteiger partial charge >= 0.3 is 0 Å². The molecule has 5 heteroatoms. The molecular formula is C26H31FN2O2. The number of hydrogen-bond donors (Lipinski definition) is 2. The molecule has 2 aromatic carbocycles. The van der Waals surface area contributed by atoms with E-state index in [9.17, 15) is 14.3 Å². The molecule has 2 aliphatic carbocycles. The Hall–Kier alpha value is -2.66. The van der Waals surface area contributed by atoms with Crippen LogP contribution in [0.15, 0.2) is 48.0 Å². The summed E-state index contributed by atoms with van der Waals surface area (Å²) in [6.45, 7) is 5.45. The summed E-state index contributed by atoms with van der Waals surface area (Å²) < 4.78 is 14.5. The minimum absolute atomic E-state index is 0.109. The molecule has 0 aromatic heterocycles. The quantitative estimate of drug-likeness (QED) is 0.696. The summed E-state index contributed by atoms with van der Waals surface area (Å²) in [4.78, 5) is 15.6. The average Bonchev–Trinajstić information content (AvgIpc) is 3.14. The molecule has 2 aliphatic rings. The lowest BCUT2D eigenvalue weighted by Crippen LogP contribution is -2.45. The van der Waals surface area contributed by atoms with E-state index in [0.717, 1.165) is 48.9 Å². The van der Waals surface area contributed by atoms with Crippen LogP contribution in [0.2, 0.25) is 0 Å². The van der Waals surface area contributed by atoms with Gasteiger partial charge in [0.05, 0.1) is 11.1 Å². The second-order valence-electron chi connectivity index (χ2n) is 8.70. The predicted molar refractivity (Wildman–Crippen MR) is 121 cm³/mol.